The second-order valence-electron chi connectivity index (χ2n) is 5.49. The summed E-state index contributed by atoms with van der Waals surface area (Å²) < 4.78 is 24.0. The molecule has 0 aromatic heterocycles. The Morgan fingerprint density at radius 2 is 1.95 bits per heavy atom. The van der Waals surface area contributed by atoms with Crippen LogP contribution in [0.4, 0.5) is 14.9 Å². The molecule has 2 fully saturated rings. The largest absolute Gasteiger partial charge is 0.350 e. The number of hydrogen-bond donors (Lipinski definition) is 1. The average molecular weight is 329 g/mol. The number of anilines is 1. The third kappa shape index (κ3) is 3.51. The lowest BCUT2D eigenvalue weighted by Crippen LogP contribution is -2.43. The van der Waals surface area contributed by atoms with Gasteiger partial charge in [-0.2, -0.15) is 0 Å². The number of hydrogen-bond acceptors (Lipinski definition) is 3. The molecule has 0 saturated carbocycles. The van der Waals surface area contributed by atoms with Crippen molar-refractivity contribution in [2.24, 2.45) is 5.92 Å². The van der Waals surface area contributed by atoms with Gasteiger partial charge in [0, 0.05) is 19.0 Å². The number of rotatable bonds is 2. The summed E-state index contributed by atoms with van der Waals surface area (Å²) in [6.07, 6.45) is 1.56. The highest BCUT2D eigenvalue weighted by atomic mass is 35.5. The molecule has 3 rings (SSSR count). The number of piperidine rings is 1. The van der Waals surface area contributed by atoms with Crippen molar-refractivity contribution in [1.82, 2.24) is 4.90 Å². The van der Waals surface area contributed by atoms with Gasteiger partial charge in [-0.3, -0.25) is 0 Å². The van der Waals surface area contributed by atoms with Crippen LogP contribution in [-0.2, 0) is 9.47 Å². The molecule has 2 saturated heterocycles. The Labute approximate surface area is 133 Å². The van der Waals surface area contributed by atoms with Crippen LogP contribution in [0.25, 0.3) is 0 Å². The van der Waals surface area contributed by atoms with Crippen molar-refractivity contribution in [2.75, 3.05) is 31.6 Å². The first-order chi connectivity index (χ1) is 10.6. The Balaban J connectivity index is 1.53. The Morgan fingerprint density at radius 1 is 1.27 bits per heavy atom. The zero-order valence-corrected chi connectivity index (χ0v) is 12.8. The van der Waals surface area contributed by atoms with Gasteiger partial charge in [0.15, 0.2) is 6.29 Å². The SMILES string of the molecule is O=C(Nc1ccc(F)cc1Cl)N1CCC(C2OCCO2)CC1. The van der Waals surface area contributed by atoms with E-state index in [4.69, 9.17) is 21.1 Å². The zero-order chi connectivity index (χ0) is 15.5. The summed E-state index contributed by atoms with van der Waals surface area (Å²) in [7, 11) is 0. The highest BCUT2D eigenvalue weighted by molar-refractivity contribution is 6.33. The van der Waals surface area contributed by atoms with E-state index in [2.05, 4.69) is 5.32 Å². The normalized spacial score (nSPS) is 20.4. The summed E-state index contributed by atoms with van der Waals surface area (Å²) in [4.78, 5) is 14.0. The maximum absolute atomic E-state index is 13.0. The molecule has 2 heterocycles. The van der Waals surface area contributed by atoms with Crippen molar-refractivity contribution in [2.45, 2.75) is 19.1 Å². The van der Waals surface area contributed by atoms with Crippen LogP contribution in [0.1, 0.15) is 12.8 Å². The third-order valence-corrected chi connectivity index (χ3v) is 4.34. The molecule has 0 bridgehead atoms. The highest BCUT2D eigenvalue weighted by Crippen LogP contribution is 2.27. The average Bonchev–Trinajstić information content (AvgIpc) is 3.04. The summed E-state index contributed by atoms with van der Waals surface area (Å²) in [5, 5.41) is 2.91. The molecule has 7 heteroatoms. The fraction of sp³-hybridized carbons (Fsp3) is 0.533. The number of amides is 2. The number of ether oxygens (including phenoxy) is 2. The van der Waals surface area contributed by atoms with Crippen LogP contribution < -0.4 is 5.32 Å². The summed E-state index contributed by atoms with van der Waals surface area (Å²) >= 11 is 5.92. The minimum atomic E-state index is -0.430. The second-order valence-corrected chi connectivity index (χ2v) is 5.90. The number of benzene rings is 1. The number of nitrogens with one attached hydrogen (secondary N) is 1. The Morgan fingerprint density at radius 3 is 2.59 bits per heavy atom. The first-order valence-electron chi connectivity index (χ1n) is 7.37. The standard InChI is InChI=1S/C15H18ClFN2O3/c16-12-9-11(17)1-2-13(12)18-15(20)19-5-3-10(4-6-19)14-21-7-8-22-14/h1-2,9-10,14H,3-8H2,(H,18,20). The molecule has 5 nitrogen and oxygen atoms in total. The van der Waals surface area contributed by atoms with Gasteiger partial charge in [-0.05, 0) is 31.0 Å². The first kappa shape index (κ1) is 15.5. The van der Waals surface area contributed by atoms with Crippen molar-refractivity contribution < 1.29 is 18.7 Å². The van der Waals surface area contributed by atoms with Crippen LogP contribution in [0.15, 0.2) is 18.2 Å². The molecule has 1 aromatic carbocycles. The quantitative estimate of drug-likeness (QED) is 0.907. The number of carbonyl (C=O) groups is 1. The van der Waals surface area contributed by atoms with Crippen molar-refractivity contribution in [3.05, 3.63) is 29.0 Å². The molecule has 1 N–H and O–H groups in total. The molecule has 22 heavy (non-hydrogen) atoms. The Bertz CT molecular complexity index is 544. The lowest BCUT2D eigenvalue weighted by molar-refractivity contribution is -0.0950. The van der Waals surface area contributed by atoms with Crippen LogP contribution in [-0.4, -0.2) is 43.5 Å². The minimum Gasteiger partial charge on any atom is -0.350 e. The number of nitrogens with zero attached hydrogens (tertiary/aromatic N) is 1. The molecule has 0 radical (unpaired) electrons. The van der Waals surface area contributed by atoms with Gasteiger partial charge in [0.25, 0.3) is 0 Å². The lowest BCUT2D eigenvalue weighted by atomic mass is 9.96. The fourth-order valence-electron chi connectivity index (χ4n) is 2.81. The molecule has 2 amide bonds. The topological polar surface area (TPSA) is 50.8 Å². The monoisotopic (exact) mass is 328 g/mol. The van der Waals surface area contributed by atoms with Gasteiger partial charge in [-0.15, -0.1) is 0 Å². The van der Waals surface area contributed by atoms with E-state index in [1.54, 1.807) is 4.90 Å². The molecular weight excluding hydrogens is 311 g/mol. The summed E-state index contributed by atoms with van der Waals surface area (Å²) in [6.45, 7) is 2.57. The van der Waals surface area contributed by atoms with Crippen molar-refractivity contribution in [3.63, 3.8) is 0 Å². The molecular formula is C15H18ClFN2O3. The summed E-state index contributed by atoms with van der Waals surface area (Å²) in [5.41, 5.74) is 0.414. The van der Waals surface area contributed by atoms with Crippen molar-refractivity contribution in [1.29, 1.82) is 0 Å². The van der Waals surface area contributed by atoms with E-state index >= 15 is 0 Å². The van der Waals surface area contributed by atoms with Crippen LogP contribution in [0.5, 0.6) is 0 Å². The van der Waals surface area contributed by atoms with E-state index in [1.165, 1.54) is 18.2 Å². The smallest absolute Gasteiger partial charge is 0.321 e. The molecule has 0 atom stereocenters. The van der Waals surface area contributed by atoms with Gasteiger partial charge in [-0.25, -0.2) is 9.18 Å². The maximum atomic E-state index is 13.0. The van der Waals surface area contributed by atoms with Gasteiger partial charge in [-0.1, -0.05) is 11.6 Å². The van der Waals surface area contributed by atoms with Gasteiger partial charge < -0.3 is 19.7 Å². The first-order valence-corrected chi connectivity index (χ1v) is 7.75. The lowest BCUT2D eigenvalue weighted by Gasteiger charge is -2.33. The number of halogens is 2. The van der Waals surface area contributed by atoms with Crippen LogP contribution >= 0.6 is 11.6 Å². The highest BCUT2D eigenvalue weighted by Gasteiger charge is 2.31. The van der Waals surface area contributed by atoms with E-state index in [1.807, 2.05) is 0 Å². The maximum Gasteiger partial charge on any atom is 0.321 e. The molecule has 2 aliphatic rings. The number of urea groups is 1. The Hall–Kier alpha value is -1.37. The zero-order valence-electron chi connectivity index (χ0n) is 12.1. The van der Waals surface area contributed by atoms with E-state index in [9.17, 15) is 9.18 Å². The Kier molecular flexibility index (Phi) is 4.81. The molecule has 120 valence electrons. The molecule has 0 unspecified atom stereocenters. The van der Waals surface area contributed by atoms with Gasteiger partial charge in [0.2, 0.25) is 0 Å². The third-order valence-electron chi connectivity index (χ3n) is 4.03. The second kappa shape index (κ2) is 6.81. The number of carbonyl (C=O) groups excluding carboxylic acids is 1. The van der Waals surface area contributed by atoms with Gasteiger partial charge in [0.1, 0.15) is 5.82 Å². The van der Waals surface area contributed by atoms with Crippen molar-refractivity contribution >= 4 is 23.3 Å². The van der Waals surface area contributed by atoms with E-state index in [0.29, 0.717) is 37.9 Å². The molecule has 2 aliphatic heterocycles. The van der Waals surface area contributed by atoms with E-state index < -0.39 is 5.82 Å². The summed E-state index contributed by atoms with van der Waals surface area (Å²) in [6, 6.07) is 3.68. The van der Waals surface area contributed by atoms with Gasteiger partial charge in [0.05, 0.1) is 23.9 Å². The molecule has 1 aromatic rings. The van der Waals surface area contributed by atoms with Crippen molar-refractivity contribution in [3.8, 4) is 0 Å². The fourth-order valence-corrected chi connectivity index (χ4v) is 3.02. The van der Waals surface area contributed by atoms with Crippen LogP contribution in [0, 0.1) is 11.7 Å². The number of likely N-dealkylation sites (tertiary alicyclic amines) is 1. The summed E-state index contributed by atoms with van der Waals surface area (Å²) in [5.74, 6) is -0.0960. The van der Waals surface area contributed by atoms with E-state index in [0.717, 1.165) is 12.8 Å². The predicted octanol–water partition coefficient (Wildman–Crippen LogP) is 3.10. The van der Waals surface area contributed by atoms with Crippen LogP contribution in [0.2, 0.25) is 5.02 Å². The molecule has 0 spiro atoms. The molecule has 0 aliphatic carbocycles. The predicted molar refractivity (Wildman–Crippen MR) is 80.4 cm³/mol. The van der Waals surface area contributed by atoms with Crippen LogP contribution in [0.3, 0.4) is 0 Å². The van der Waals surface area contributed by atoms with Gasteiger partial charge >= 0.3 is 6.03 Å². The van der Waals surface area contributed by atoms with E-state index in [-0.39, 0.29) is 17.3 Å². The minimum absolute atomic E-state index is 0.128.